The highest BCUT2D eigenvalue weighted by Crippen LogP contribution is 1.76. The lowest BCUT2D eigenvalue weighted by Gasteiger charge is -2.47. The molecule has 0 heterocycles. The summed E-state index contributed by atoms with van der Waals surface area (Å²) in [6.07, 6.45) is -1.78. The van der Waals surface area contributed by atoms with Crippen LogP contribution in [0.1, 0.15) is 0 Å². The molecule has 0 N–H and O–H groups in total. The average molecular weight is 86.5 g/mol. The van der Waals surface area contributed by atoms with Crippen LogP contribution in [0.3, 0.4) is 0 Å². The van der Waals surface area contributed by atoms with Crippen molar-refractivity contribution in [2.45, 2.75) is 0 Å². The van der Waals surface area contributed by atoms with Gasteiger partial charge in [-0.2, -0.15) is 0 Å². The number of hydrogen-bond acceptors (Lipinski definition) is 0. The Morgan fingerprint density at radius 3 is 1.38 bits per heavy atom. The van der Waals surface area contributed by atoms with Crippen molar-refractivity contribution in [3.63, 3.8) is 0 Å². The van der Waals surface area contributed by atoms with E-state index < -0.39 is 19.2 Å². The predicted molar refractivity (Wildman–Crippen MR) is 46.0 cm³/mol. The lowest BCUT2D eigenvalue weighted by Crippen LogP contribution is -2.52. The van der Waals surface area contributed by atoms with Crippen molar-refractivity contribution in [1.82, 2.24) is 0 Å². The Bertz CT molecular complexity index is 45.1. The predicted octanol–water partition coefficient (Wildman–Crippen LogP) is -3.05. The maximum absolute atomic E-state index is 5.26. The van der Waals surface area contributed by atoms with Crippen LogP contribution in [0, 0.1) is 0 Å². The van der Waals surface area contributed by atoms with Gasteiger partial charge in [0.15, 0.2) is 0 Å². The second-order valence-electron chi connectivity index (χ2n) is 1.73. The molecule has 0 saturated carbocycles. The van der Waals surface area contributed by atoms with E-state index in [0.29, 0.717) is 0 Å². The van der Waals surface area contributed by atoms with Crippen LogP contribution in [0.2, 0.25) is 0 Å². The zero-order valence-corrected chi connectivity index (χ0v) is 4.62. The van der Waals surface area contributed by atoms with E-state index in [1.54, 1.807) is 0 Å². The van der Waals surface area contributed by atoms with Gasteiger partial charge in [0.1, 0.15) is 0 Å². The maximum Gasteiger partial charge on any atom is -0.00889 e. The molecule has 0 rings (SSSR count). The highest BCUT2D eigenvalue weighted by Gasteiger charge is 1.89. The van der Waals surface area contributed by atoms with Crippen molar-refractivity contribution < 1.29 is 0 Å². The second-order valence-corrected chi connectivity index (χ2v) is 1.73. The van der Waals surface area contributed by atoms with Gasteiger partial charge in [0.2, 0.25) is 0 Å². The van der Waals surface area contributed by atoms with Gasteiger partial charge >= 0.3 is 0 Å². The largest absolute Gasteiger partial charge is 0.729 e. The van der Waals surface area contributed by atoms with Crippen LogP contribution in [0.5, 0.6) is 0 Å². The molecule has 13 radical (unpaired) electrons. The molecular weight excluding hydrogens is 86.5 g/mol. The highest BCUT2D eigenvalue weighted by molar-refractivity contribution is 7.89. The van der Waals surface area contributed by atoms with E-state index in [1.807, 2.05) is 0 Å². The first-order valence-electron chi connectivity index (χ1n) is 2.33. The minimum absolute atomic E-state index is 0.519. The molecule has 0 nitrogen and oxygen atoms in total. The quantitative estimate of drug-likeness (QED) is 0.314. The zero-order valence-electron chi connectivity index (χ0n) is 4.62. The minimum atomic E-state index is -0.630. The van der Waals surface area contributed by atoms with Crippen LogP contribution in [0.25, 0.3) is 0 Å². The lowest BCUT2D eigenvalue weighted by molar-refractivity contribution is 3.62. The minimum Gasteiger partial charge on any atom is -0.729 e. The van der Waals surface area contributed by atoms with Gasteiger partial charge < -0.3 is 29.6 Å². The molecule has 0 aliphatic heterocycles. The summed E-state index contributed by atoms with van der Waals surface area (Å²) < 4.78 is 0. The van der Waals surface area contributed by atoms with Crippen LogP contribution < -0.4 is 0 Å². The third-order valence-electron chi connectivity index (χ3n) is 0.889. The maximum atomic E-state index is 5.26. The van der Waals surface area contributed by atoms with Crippen LogP contribution >= 0.6 is 0 Å². The van der Waals surface area contributed by atoms with Gasteiger partial charge in [-0.1, -0.05) is 0 Å². The van der Waals surface area contributed by atoms with E-state index in [4.69, 9.17) is 38.7 Å². The Balaban J connectivity index is 3.46. The molecule has 0 spiro atoms. The van der Waals surface area contributed by atoms with Gasteiger partial charge in [-0.15, -0.1) is 6.39 Å². The van der Waals surface area contributed by atoms with Crippen LogP contribution in [0.15, 0.2) is 0 Å². The Labute approximate surface area is 58.5 Å². The first-order chi connectivity index (χ1) is 3.55. The standard InChI is InChI=1S/B8/c1-6(2)8(5)7(3)4/q-3. The van der Waals surface area contributed by atoms with E-state index in [0.717, 1.165) is 0 Å². The molecule has 27 valence electrons. The van der Waals surface area contributed by atoms with Gasteiger partial charge in [0.05, 0.1) is 0 Å². The van der Waals surface area contributed by atoms with Crippen LogP contribution in [-0.4, -0.2) is 57.8 Å². The Morgan fingerprint density at radius 1 is 1.00 bits per heavy atom. The Kier molecular flexibility index (Phi) is 3.76. The van der Waals surface area contributed by atoms with Crippen molar-refractivity contribution in [2.75, 3.05) is 0 Å². The smallest absolute Gasteiger partial charge is 0.00889 e. The molecule has 0 bridgehead atoms. The zero-order chi connectivity index (χ0) is 6.73. The molecule has 8 heteroatoms. The third-order valence-corrected chi connectivity index (χ3v) is 0.889. The summed E-state index contributed by atoms with van der Waals surface area (Å²) in [4.78, 5) is 0. The normalized spacial score (nSPS) is 8.38. The molecule has 0 aromatic carbocycles. The van der Waals surface area contributed by atoms with E-state index in [-0.39, 0.29) is 0 Å². The van der Waals surface area contributed by atoms with E-state index in [2.05, 4.69) is 0 Å². The molecule has 8 heavy (non-hydrogen) atoms. The molecule has 0 amide bonds. The van der Waals surface area contributed by atoms with Gasteiger partial charge in [0, 0.05) is 0 Å². The van der Waals surface area contributed by atoms with Crippen molar-refractivity contribution in [1.29, 1.82) is 0 Å². The molecule has 0 atom stereocenters. The molecule has 0 aliphatic rings. The van der Waals surface area contributed by atoms with E-state index in [1.165, 1.54) is 0 Å². The monoisotopic (exact) mass is 88.1 g/mol. The first kappa shape index (κ1) is 8.52. The van der Waals surface area contributed by atoms with Gasteiger partial charge in [-0.3, -0.25) is 0 Å². The van der Waals surface area contributed by atoms with Gasteiger partial charge in [-0.25, -0.2) is 6.39 Å². The lowest BCUT2D eigenvalue weighted by atomic mass is 8.68. The SMILES string of the molecule is [B]B([B-])B([B])B([B-])[B-]. The number of hydrogen-bond donors (Lipinski definition) is 0. The summed E-state index contributed by atoms with van der Waals surface area (Å²) in [5, 5.41) is 0. The van der Waals surface area contributed by atoms with Crippen LogP contribution in [0.4, 0.5) is 0 Å². The molecule has 0 fully saturated rings. The molecule has 0 unspecified atom stereocenters. The summed E-state index contributed by atoms with van der Waals surface area (Å²) in [6.45, 7) is 0. The fourth-order valence-electron chi connectivity index (χ4n) is 0.257. The fraction of sp³-hybridized carbons (Fsp3) is 0. The number of rotatable bonds is 2. The summed E-state index contributed by atoms with van der Waals surface area (Å²) in [5.74, 6) is 0. The molecule has 0 aromatic heterocycles. The van der Waals surface area contributed by atoms with Crippen molar-refractivity contribution >= 4 is 57.8 Å². The van der Waals surface area contributed by atoms with Crippen molar-refractivity contribution in [2.24, 2.45) is 0 Å². The average Bonchev–Trinajstić information content (AvgIpc) is 1.64. The van der Waals surface area contributed by atoms with E-state index in [9.17, 15) is 0 Å². The second kappa shape index (κ2) is 3.53. The Morgan fingerprint density at radius 2 is 1.38 bits per heavy atom. The topological polar surface area (TPSA) is 0 Å². The third kappa shape index (κ3) is 2.74. The Hall–Kier alpha value is 0.519. The summed E-state index contributed by atoms with van der Waals surface area (Å²) in [6, 6.07) is 0. The summed E-state index contributed by atoms with van der Waals surface area (Å²) in [7, 11) is 25.8. The van der Waals surface area contributed by atoms with E-state index >= 15 is 0 Å². The van der Waals surface area contributed by atoms with Gasteiger partial charge in [-0.05, 0) is 15.5 Å². The summed E-state index contributed by atoms with van der Waals surface area (Å²) in [5.41, 5.74) is 0. The van der Waals surface area contributed by atoms with Gasteiger partial charge in [0.25, 0.3) is 0 Å². The molecule has 0 aliphatic carbocycles. The molecular formula is B8-3. The van der Waals surface area contributed by atoms with Crippen LogP contribution in [-0.2, 0) is 0 Å². The summed E-state index contributed by atoms with van der Waals surface area (Å²) >= 11 is 0. The molecule has 0 aromatic rings. The fourth-order valence-corrected chi connectivity index (χ4v) is 0.257. The van der Waals surface area contributed by atoms with Crippen molar-refractivity contribution in [3.8, 4) is 0 Å². The highest BCUT2D eigenvalue weighted by atomic mass is 13.0. The van der Waals surface area contributed by atoms with Crippen molar-refractivity contribution in [3.05, 3.63) is 0 Å². The first-order valence-corrected chi connectivity index (χ1v) is 2.33. The molecule has 0 saturated heterocycles.